The first-order valence-corrected chi connectivity index (χ1v) is 8.18. The quantitative estimate of drug-likeness (QED) is 0.800. The molecule has 2 unspecified atom stereocenters. The van der Waals surface area contributed by atoms with Gasteiger partial charge in [0.05, 0.1) is 6.54 Å². The van der Waals surface area contributed by atoms with Gasteiger partial charge < -0.3 is 9.73 Å². The molecule has 0 aromatic carbocycles. The van der Waals surface area contributed by atoms with Crippen LogP contribution < -0.4 is 10.0 Å². The molecule has 1 saturated carbocycles. The topological polar surface area (TPSA) is 71.3 Å². The Morgan fingerprint density at radius 3 is 2.68 bits per heavy atom. The van der Waals surface area contributed by atoms with Crippen molar-refractivity contribution in [2.24, 2.45) is 11.8 Å². The summed E-state index contributed by atoms with van der Waals surface area (Å²) in [7, 11) is -3.49. The number of nitrogens with one attached hydrogen (secondary N) is 2. The van der Waals surface area contributed by atoms with Crippen LogP contribution in [-0.4, -0.2) is 21.0 Å². The third-order valence-corrected chi connectivity index (χ3v) is 4.53. The molecule has 6 heteroatoms. The Bertz CT molecular complexity index is 522. The maximum absolute atomic E-state index is 12.0. The predicted molar refractivity (Wildman–Crippen MR) is 73.1 cm³/mol. The van der Waals surface area contributed by atoms with Gasteiger partial charge in [0.25, 0.3) is 10.0 Å². The molecule has 0 spiro atoms. The molecule has 1 fully saturated rings. The molecule has 108 valence electrons. The van der Waals surface area contributed by atoms with Gasteiger partial charge in [0.1, 0.15) is 5.76 Å². The molecule has 2 N–H and O–H groups in total. The zero-order valence-electron chi connectivity index (χ0n) is 11.6. The fourth-order valence-corrected chi connectivity index (χ4v) is 3.13. The third-order valence-electron chi connectivity index (χ3n) is 3.17. The molecule has 0 radical (unpaired) electrons. The number of hydrogen-bond donors (Lipinski definition) is 2. The maximum Gasteiger partial charge on any atom is 0.274 e. The highest BCUT2D eigenvalue weighted by molar-refractivity contribution is 7.89. The van der Waals surface area contributed by atoms with Gasteiger partial charge in [-0.15, -0.1) is 0 Å². The first kappa shape index (κ1) is 14.6. The number of rotatable bonds is 7. The van der Waals surface area contributed by atoms with Gasteiger partial charge in [0.15, 0.2) is 0 Å². The molecule has 5 nitrogen and oxygen atoms in total. The minimum atomic E-state index is -3.49. The molecule has 1 heterocycles. The van der Waals surface area contributed by atoms with E-state index in [2.05, 4.69) is 23.9 Å². The summed E-state index contributed by atoms with van der Waals surface area (Å²) in [6.07, 6.45) is 0.905. The van der Waals surface area contributed by atoms with E-state index in [-0.39, 0.29) is 11.1 Å². The molecule has 1 aliphatic carbocycles. The fraction of sp³-hybridized carbons (Fsp3) is 0.692. The molecule has 2 rings (SSSR count). The summed E-state index contributed by atoms with van der Waals surface area (Å²) in [6.45, 7) is 7.68. The van der Waals surface area contributed by atoms with E-state index >= 15 is 0 Å². The average Bonchev–Trinajstić information content (AvgIpc) is 2.79. The van der Waals surface area contributed by atoms with Gasteiger partial charge in [-0.25, -0.2) is 13.1 Å². The van der Waals surface area contributed by atoms with Gasteiger partial charge in [-0.2, -0.15) is 0 Å². The van der Waals surface area contributed by atoms with Crippen LogP contribution in [-0.2, 0) is 16.6 Å². The van der Waals surface area contributed by atoms with Crippen LogP contribution in [0, 0.1) is 11.8 Å². The highest BCUT2D eigenvalue weighted by Gasteiger charge is 2.37. The summed E-state index contributed by atoms with van der Waals surface area (Å²) in [5.41, 5.74) is 0. The smallest absolute Gasteiger partial charge is 0.274 e. The van der Waals surface area contributed by atoms with E-state index in [1.165, 1.54) is 6.07 Å². The SMILES string of the molecule is CC(C)CNCc1ccc(S(=O)(=O)NC2CC2C)o1. The van der Waals surface area contributed by atoms with Gasteiger partial charge in [-0.1, -0.05) is 20.8 Å². The van der Waals surface area contributed by atoms with Crippen LogP contribution in [0.5, 0.6) is 0 Å². The zero-order chi connectivity index (χ0) is 14.0. The van der Waals surface area contributed by atoms with Crippen molar-refractivity contribution in [1.82, 2.24) is 10.0 Å². The largest absolute Gasteiger partial charge is 0.447 e. The summed E-state index contributed by atoms with van der Waals surface area (Å²) < 4.78 is 32.0. The van der Waals surface area contributed by atoms with Crippen molar-refractivity contribution in [2.75, 3.05) is 6.54 Å². The van der Waals surface area contributed by atoms with E-state index in [1.54, 1.807) is 6.07 Å². The molecule has 0 bridgehead atoms. The van der Waals surface area contributed by atoms with Gasteiger partial charge in [0, 0.05) is 6.04 Å². The van der Waals surface area contributed by atoms with Crippen LogP contribution in [0.25, 0.3) is 0 Å². The van der Waals surface area contributed by atoms with Crippen molar-refractivity contribution in [3.05, 3.63) is 17.9 Å². The van der Waals surface area contributed by atoms with Crippen molar-refractivity contribution in [3.8, 4) is 0 Å². The van der Waals surface area contributed by atoms with E-state index in [0.717, 1.165) is 13.0 Å². The number of furan rings is 1. The summed E-state index contributed by atoms with van der Waals surface area (Å²) in [6, 6.07) is 3.29. The van der Waals surface area contributed by atoms with E-state index in [1.807, 2.05) is 6.92 Å². The highest BCUT2D eigenvalue weighted by Crippen LogP contribution is 2.30. The van der Waals surface area contributed by atoms with E-state index in [9.17, 15) is 8.42 Å². The molecule has 0 saturated heterocycles. The molecular weight excluding hydrogens is 264 g/mol. The molecule has 2 atom stereocenters. The Labute approximate surface area is 114 Å². The fourth-order valence-electron chi connectivity index (χ4n) is 1.83. The van der Waals surface area contributed by atoms with Gasteiger partial charge in [0.2, 0.25) is 5.09 Å². The lowest BCUT2D eigenvalue weighted by molar-refractivity contribution is 0.394. The van der Waals surface area contributed by atoms with Gasteiger partial charge >= 0.3 is 0 Å². The predicted octanol–water partition coefficient (Wildman–Crippen LogP) is 1.71. The van der Waals surface area contributed by atoms with Crippen molar-refractivity contribution >= 4 is 10.0 Å². The minimum absolute atomic E-state index is 0.00736. The molecule has 19 heavy (non-hydrogen) atoms. The average molecular weight is 286 g/mol. The summed E-state index contributed by atoms with van der Waals surface area (Å²) >= 11 is 0. The van der Waals surface area contributed by atoms with Crippen LogP contribution >= 0.6 is 0 Å². The van der Waals surface area contributed by atoms with Crippen molar-refractivity contribution in [1.29, 1.82) is 0 Å². The van der Waals surface area contributed by atoms with Crippen LogP contribution in [0.4, 0.5) is 0 Å². The van der Waals surface area contributed by atoms with E-state index in [4.69, 9.17) is 4.42 Å². The second-order valence-electron chi connectivity index (χ2n) is 5.69. The van der Waals surface area contributed by atoms with E-state index < -0.39 is 10.0 Å². The second-order valence-corrected chi connectivity index (χ2v) is 7.33. The summed E-state index contributed by atoms with van der Waals surface area (Å²) in [5.74, 6) is 1.62. The first-order valence-electron chi connectivity index (χ1n) is 6.70. The van der Waals surface area contributed by atoms with Crippen molar-refractivity contribution in [2.45, 2.75) is 44.9 Å². The Morgan fingerprint density at radius 1 is 1.42 bits per heavy atom. The standard InChI is InChI=1S/C13H22N2O3S/c1-9(2)7-14-8-11-4-5-13(18-11)19(16,17)15-12-6-10(12)3/h4-5,9-10,12,14-15H,6-8H2,1-3H3. The monoisotopic (exact) mass is 286 g/mol. The highest BCUT2D eigenvalue weighted by atomic mass is 32.2. The van der Waals surface area contributed by atoms with E-state index in [0.29, 0.717) is 24.1 Å². The number of hydrogen-bond acceptors (Lipinski definition) is 4. The molecule has 1 aromatic heterocycles. The van der Waals surface area contributed by atoms with Crippen LogP contribution in [0.1, 0.15) is 33.0 Å². The normalized spacial score (nSPS) is 22.9. The van der Waals surface area contributed by atoms with Gasteiger partial charge in [-0.05, 0) is 36.9 Å². The second kappa shape index (κ2) is 5.64. The summed E-state index contributed by atoms with van der Waals surface area (Å²) in [5, 5.41) is 3.22. The van der Waals surface area contributed by atoms with Crippen LogP contribution in [0.3, 0.4) is 0 Å². The molecule has 0 amide bonds. The lowest BCUT2D eigenvalue weighted by Gasteiger charge is -2.05. The lowest BCUT2D eigenvalue weighted by Crippen LogP contribution is -2.26. The third kappa shape index (κ3) is 4.06. The van der Waals surface area contributed by atoms with Crippen LogP contribution in [0.15, 0.2) is 21.6 Å². The Kier molecular flexibility index (Phi) is 4.32. The van der Waals surface area contributed by atoms with Crippen LogP contribution in [0.2, 0.25) is 0 Å². The molecule has 1 aromatic rings. The lowest BCUT2D eigenvalue weighted by atomic mass is 10.2. The molecule has 0 aliphatic heterocycles. The zero-order valence-corrected chi connectivity index (χ0v) is 12.5. The Morgan fingerprint density at radius 2 is 2.11 bits per heavy atom. The Hall–Kier alpha value is -0.850. The van der Waals surface area contributed by atoms with Gasteiger partial charge in [-0.3, -0.25) is 0 Å². The maximum atomic E-state index is 12.0. The van der Waals surface area contributed by atoms with Crippen molar-refractivity contribution < 1.29 is 12.8 Å². The van der Waals surface area contributed by atoms with Crippen molar-refractivity contribution in [3.63, 3.8) is 0 Å². The summed E-state index contributed by atoms with van der Waals surface area (Å²) in [4.78, 5) is 0. The Balaban J connectivity index is 1.92. The minimum Gasteiger partial charge on any atom is -0.447 e. The molecular formula is C13H22N2O3S. The first-order chi connectivity index (χ1) is 8.88. The molecule has 1 aliphatic rings. The number of sulfonamides is 1.